The summed E-state index contributed by atoms with van der Waals surface area (Å²) in [7, 11) is 0. The van der Waals surface area contributed by atoms with Crippen LogP contribution >= 0.6 is 11.6 Å². The first-order valence-electron chi connectivity index (χ1n) is 6.87. The molecular formula is C16H17ClFNO3. The highest BCUT2D eigenvalue weighted by Crippen LogP contribution is 2.24. The molecule has 118 valence electrons. The lowest BCUT2D eigenvalue weighted by atomic mass is 10.1. The average Bonchev–Trinajstić information content (AvgIpc) is 2.77. The molecule has 1 aromatic carbocycles. The van der Waals surface area contributed by atoms with Crippen LogP contribution in [0.4, 0.5) is 4.39 Å². The van der Waals surface area contributed by atoms with Gasteiger partial charge in [0.2, 0.25) is 0 Å². The van der Waals surface area contributed by atoms with Crippen LogP contribution in [0.1, 0.15) is 40.0 Å². The molecule has 1 aromatic heterocycles. The van der Waals surface area contributed by atoms with E-state index in [0.717, 1.165) is 0 Å². The van der Waals surface area contributed by atoms with Crippen molar-refractivity contribution in [2.45, 2.75) is 26.4 Å². The molecule has 6 heteroatoms. The van der Waals surface area contributed by atoms with Gasteiger partial charge in [0.15, 0.2) is 0 Å². The third-order valence-corrected chi connectivity index (χ3v) is 3.65. The van der Waals surface area contributed by atoms with Crippen LogP contribution in [-0.4, -0.2) is 17.6 Å². The fraction of sp³-hybridized carbons (Fsp3) is 0.312. The maximum atomic E-state index is 13.6. The quantitative estimate of drug-likeness (QED) is 0.883. The summed E-state index contributed by atoms with van der Waals surface area (Å²) in [6.07, 6.45) is -0.466. The lowest BCUT2D eigenvalue weighted by Crippen LogP contribution is -2.26. The number of halogens is 2. The molecule has 2 aromatic rings. The van der Waals surface area contributed by atoms with Gasteiger partial charge in [0, 0.05) is 12.1 Å². The Bertz CT molecular complexity index is 664. The van der Waals surface area contributed by atoms with Crippen molar-refractivity contribution in [1.29, 1.82) is 0 Å². The van der Waals surface area contributed by atoms with E-state index in [0.29, 0.717) is 17.1 Å². The number of carbonyl (C=O) groups is 1. The number of hydrogen-bond acceptors (Lipinski definition) is 3. The van der Waals surface area contributed by atoms with Crippen LogP contribution in [-0.2, 0) is 0 Å². The number of carbonyl (C=O) groups excluding carboxylic acids is 1. The number of aliphatic hydroxyl groups excluding tert-OH is 1. The van der Waals surface area contributed by atoms with Crippen molar-refractivity contribution in [2.75, 3.05) is 6.54 Å². The van der Waals surface area contributed by atoms with Gasteiger partial charge in [-0.25, -0.2) is 4.39 Å². The fourth-order valence-electron chi connectivity index (χ4n) is 2.26. The van der Waals surface area contributed by atoms with Gasteiger partial charge in [0.25, 0.3) is 5.91 Å². The predicted octanol–water partition coefficient (Wildman–Crippen LogP) is 3.54. The van der Waals surface area contributed by atoms with Crippen molar-refractivity contribution in [3.63, 3.8) is 0 Å². The first-order valence-corrected chi connectivity index (χ1v) is 7.25. The first kappa shape index (κ1) is 16.5. The van der Waals surface area contributed by atoms with Crippen molar-refractivity contribution >= 4 is 17.5 Å². The van der Waals surface area contributed by atoms with Gasteiger partial charge in [-0.15, -0.1) is 0 Å². The van der Waals surface area contributed by atoms with Crippen molar-refractivity contribution in [3.8, 4) is 0 Å². The average molecular weight is 326 g/mol. The second-order valence-electron chi connectivity index (χ2n) is 5.03. The number of rotatable bonds is 5. The Morgan fingerprint density at radius 1 is 1.45 bits per heavy atom. The Labute approximate surface area is 132 Å². The summed E-state index contributed by atoms with van der Waals surface area (Å²) >= 11 is 5.82. The Kier molecular flexibility index (Phi) is 5.21. The van der Waals surface area contributed by atoms with E-state index >= 15 is 0 Å². The summed E-state index contributed by atoms with van der Waals surface area (Å²) in [5.41, 5.74) is 0.504. The largest absolute Gasteiger partial charge is 0.466 e. The van der Waals surface area contributed by atoms with E-state index in [4.69, 9.17) is 16.0 Å². The number of aryl methyl sites for hydroxylation is 2. The Morgan fingerprint density at radius 2 is 2.18 bits per heavy atom. The lowest BCUT2D eigenvalue weighted by Gasteiger charge is -2.11. The van der Waals surface area contributed by atoms with Gasteiger partial charge in [-0.3, -0.25) is 4.79 Å². The van der Waals surface area contributed by atoms with Crippen LogP contribution in [0.2, 0.25) is 5.02 Å². The second-order valence-corrected chi connectivity index (χ2v) is 5.43. The zero-order valence-electron chi connectivity index (χ0n) is 12.3. The van der Waals surface area contributed by atoms with Crippen molar-refractivity contribution < 1.29 is 18.7 Å². The van der Waals surface area contributed by atoms with E-state index in [1.807, 2.05) is 0 Å². The summed E-state index contributed by atoms with van der Waals surface area (Å²) in [6, 6.07) is 5.82. The number of hydrogen-bond donors (Lipinski definition) is 2. The van der Waals surface area contributed by atoms with Gasteiger partial charge in [-0.2, -0.15) is 0 Å². The number of nitrogens with one attached hydrogen (secondary N) is 1. The molecule has 0 aliphatic heterocycles. The number of furan rings is 1. The van der Waals surface area contributed by atoms with Crippen LogP contribution in [0.5, 0.6) is 0 Å². The normalized spacial score (nSPS) is 12.2. The van der Waals surface area contributed by atoms with E-state index in [2.05, 4.69) is 5.32 Å². The minimum absolute atomic E-state index is 0.0550. The van der Waals surface area contributed by atoms with Gasteiger partial charge >= 0.3 is 0 Å². The summed E-state index contributed by atoms with van der Waals surface area (Å²) < 4.78 is 18.9. The van der Waals surface area contributed by atoms with Crippen molar-refractivity contribution in [2.24, 2.45) is 0 Å². The van der Waals surface area contributed by atoms with Gasteiger partial charge in [-0.1, -0.05) is 17.7 Å². The molecule has 0 bridgehead atoms. The molecule has 0 spiro atoms. The molecule has 2 N–H and O–H groups in total. The number of aliphatic hydroxyl groups is 1. The van der Waals surface area contributed by atoms with Crippen LogP contribution in [0.15, 0.2) is 28.7 Å². The fourth-order valence-corrected chi connectivity index (χ4v) is 2.51. The maximum absolute atomic E-state index is 13.6. The van der Waals surface area contributed by atoms with Crippen LogP contribution in [0, 0.1) is 19.7 Å². The Hall–Kier alpha value is -1.85. The summed E-state index contributed by atoms with van der Waals surface area (Å²) in [4.78, 5) is 11.9. The standard InChI is InChI=1S/C16H17ClFNO3/c1-9-8-11(10(2)22-9)14(20)6-7-19-16(21)15-12(17)4-3-5-13(15)18/h3-5,8,14,20H,6-7H2,1-2H3,(H,19,21)/t14-/m1/s1. The Balaban J connectivity index is 1.93. The van der Waals surface area contributed by atoms with E-state index in [1.54, 1.807) is 19.9 Å². The highest BCUT2D eigenvalue weighted by Gasteiger charge is 2.17. The molecule has 0 aliphatic carbocycles. The summed E-state index contributed by atoms with van der Waals surface area (Å²) in [5.74, 6) is 0.0875. The highest BCUT2D eigenvalue weighted by molar-refractivity contribution is 6.33. The Morgan fingerprint density at radius 3 is 2.77 bits per heavy atom. The minimum atomic E-state index is -0.756. The first-order chi connectivity index (χ1) is 10.4. The molecule has 22 heavy (non-hydrogen) atoms. The molecule has 1 atom stereocenters. The molecule has 2 rings (SSSR count). The molecule has 0 aliphatic rings. The van der Waals surface area contributed by atoms with E-state index in [9.17, 15) is 14.3 Å². The highest BCUT2D eigenvalue weighted by atomic mass is 35.5. The number of amides is 1. The lowest BCUT2D eigenvalue weighted by molar-refractivity contribution is 0.0938. The van der Waals surface area contributed by atoms with Gasteiger partial charge < -0.3 is 14.8 Å². The molecule has 0 radical (unpaired) electrons. The van der Waals surface area contributed by atoms with Crippen LogP contribution in [0.25, 0.3) is 0 Å². The van der Waals surface area contributed by atoms with Gasteiger partial charge in [0.1, 0.15) is 17.3 Å². The third kappa shape index (κ3) is 3.67. The van der Waals surface area contributed by atoms with Crippen LogP contribution in [0.3, 0.4) is 0 Å². The molecule has 0 saturated heterocycles. The van der Waals surface area contributed by atoms with Crippen molar-refractivity contribution in [3.05, 3.63) is 57.8 Å². The summed E-state index contributed by atoms with van der Waals surface area (Å²) in [6.45, 7) is 3.75. The number of benzene rings is 1. The smallest absolute Gasteiger partial charge is 0.255 e. The molecule has 1 heterocycles. The zero-order valence-corrected chi connectivity index (χ0v) is 13.1. The van der Waals surface area contributed by atoms with Crippen molar-refractivity contribution in [1.82, 2.24) is 5.32 Å². The zero-order chi connectivity index (χ0) is 16.3. The van der Waals surface area contributed by atoms with Gasteiger partial charge in [0.05, 0.1) is 16.7 Å². The molecular weight excluding hydrogens is 309 g/mol. The molecule has 0 saturated carbocycles. The van der Waals surface area contributed by atoms with E-state index in [-0.39, 0.29) is 23.6 Å². The van der Waals surface area contributed by atoms with E-state index in [1.165, 1.54) is 18.2 Å². The second kappa shape index (κ2) is 6.94. The topological polar surface area (TPSA) is 62.5 Å². The minimum Gasteiger partial charge on any atom is -0.466 e. The molecule has 0 unspecified atom stereocenters. The van der Waals surface area contributed by atoms with E-state index < -0.39 is 17.8 Å². The summed E-state index contributed by atoms with van der Waals surface area (Å²) in [5, 5.41) is 12.7. The molecule has 0 fully saturated rings. The maximum Gasteiger partial charge on any atom is 0.255 e. The monoisotopic (exact) mass is 325 g/mol. The SMILES string of the molecule is Cc1cc([C@H](O)CCNC(=O)c2c(F)cccc2Cl)c(C)o1. The molecule has 1 amide bonds. The van der Waals surface area contributed by atoms with Crippen LogP contribution < -0.4 is 5.32 Å². The third-order valence-electron chi connectivity index (χ3n) is 3.33. The molecule has 4 nitrogen and oxygen atoms in total. The predicted molar refractivity (Wildman–Crippen MR) is 81.5 cm³/mol. The van der Waals surface area contributed by atoms with Gasteiger partial charge in [-0.05, 0) is 38.5 Å².